The summed E-state index contributed by atoms with van der Waals surface area (Å²) in [5.41, 5.74) is 0. The standard InChI is InChI=1S/C16H28O/c1-3-4-5-6-7-8-9-10-11-12-13-14-15-16(2)17/h3-5H,1,6-15H2,2H3/b5-4+. The summed E-state index contributed by atoms with van der Waals surface area (Å²) in [4.78, 5) is 10.7. The average Bonchev–Trinajstić information content (AvgIpc) is 2.30. The van der Waals surface area contributed by atoms with E-state index >= 15 is 0 Å². The van der Waals surface area contributed by atoms with Gasteiger partial charge in [-0.25, -0.2) is 0 Å². The number of unbranched alkanes of at least 4 members (excludes halogenated alkanes) is 8. The van der Waals surface area contributed by atoms with E-state index < -0.39 is 0 Å². The van der Waals surface area contributed by atoms with E-state index in [0.717, 1.165) is 12.8 Å². The van der Waals surface area contributed by atoms with E-state index in [1.165, 1.54) is 51.4 Å². The van der Waals surface area contributed by atoms with Crippen molar-refractivity contribution in [2.45, 2.75) is 71.1 Å². The van der Waals surface area contributed by atoms with Gasteiger partial charge in [-0.3, -0.25) is 0 Å². The first kappa shape index (κ1) is 16.1. The smallest absolute Gasteiger partial charge is 0.129 e. The summed E-state index contributed by atoms with van der Waals surface area (Å²) in [5, 5.41) is 0. The van der Waals surface area contributed by atoms with Gasteiger partial charge in [-0.15, -0.1) is 0 Å². The minimum absolute atomic E-state index is 0.331. The number of allylic oxidation sites excluding steroid dienone is 3. The van der Waals surface area contributed by atoms with Crippen molar-refractivity contribution in [3.8, 4) is 0 Å². The molecule has 1 heteroatoms. The maximum absolute atomic E-state index is 10.7. The van der Waals surface area contributed by atoms with Crippen LogP contribution in [0.15, 0.2) is 24.8 Å². The number of carbonyl (C=O) groups excluding carboxylic acids is 1. The molecule has 1 nitrogen and oxygen atoms in total. The van der Waals surface area contributed by atoms with E-state index in [0.29, 0.717) is 5.78 Å². The lowest BCUT2D eigenvalue weighted by molar-refractivity contribution is -0.117. The lowest BCUT2D eigenvalue weighted by Crippen LogP contribution is -1.89. The second-order valence-corrected chi connectivity index (χ2v) is 4.73. The Balaban J connectivity index is 3.01. The summed E-state index contributed by atoms with van der Waals surface area (Å²) in [7, 11) is 0. The summed E-state index contributed by atoms with van der Waals surface area (Å²) in [6.07, 6.45) is 18.3. The van der Waals surface area contributed by atoms with Gasteiger partial charge in [0.1, 0.15) is 5.78 Å². The molecule has 0 rings (SSSR count). The van der Waals surface area contributed by atoms with Gasteiger partial charge < -0.3 is 4.79 Å². The number of Topliss-reactive ketones (excluding diaryl/α,β-unsaturated/α-hetero) is 1. The fraction of sp³-hybridized carbons (Fsp3) is 0.688. The van der Waals surface area contributed by atoms with Crippen LogP contribution in [0.1, 0.15) is 71.1 Å². The Morgan fingerprint density at radius 3 is 2.00 bits per heavy atom. The van der Waals surface area contributed by atoms with Crippen molar-refractivity contribution in [2.24, 2.45) is 0 Å². The van der Waals surface area contributed by atoms with E-state index in [4.69, 9.17) is 0 Å². The summed E-state index contributed by atoms with van der Waals surface area (Å²) in [6.45, 7) is 5.33. The Hall–Kier alpha value is -0.850. The lowest BCUT2D eigenvalue weighted by atomic mass is 10.1. The lowest BCUT2D eigenvalue weighted by Gasteiger charge is -2.00. The van der Waals surface area contributed by atoms with Crippen LogP contribution in [0.5, 0.6) is 0 Å². The number of hydrogen-bond acceptors (Lipinski definition) is 1. The Morgan fingerprint density at radius 2 is 1.47 bits per heavy atom. The predicted molar refractivity (Wildman–Crippen MR) is 76.2 cm³/mol. The number of rotatable bonds is 12. The van der Waals surface area contributed by atoms with Gasteiger partial charge in [0.05, 0.1) is 0 Å². The largest absolute Gasteiger partial charge is 0.300 e. The van der Waals surface area contributed by atoms with Gasteiger partial charge >= 0.3 is 0 Å². The molecular formula is C16H28O. The Kier molecular flexibility index (Phi) is 12.6. The zero-order valence-electron chi connectivity index (χ0n) is 11.4. The summed E-state index contributed by atoms with van der Waals surface area (Å²) < 4.78 is 0. The van der Waals surface area contributed by atoms with Gasteiger partial charge in [-0.1, -0.05) is 63.3 Å². The predicted octanol–water partition coefficient (Wildman–Crippen LogP) is 5.22. The summed E-state index contributed by atoms with van der Waals surface area (Å²) >= 11 is 0. The van der Waals surface area contributed by atoms with Crippen LogP contribution in [-0.4, -0.2) is 5.78 Å². The third-order valence-electron chi connectivity index (χ3n) is 2.92. The molecule has 0 spiro atoms. The molecule has 0 unspecified atom stereocenters. The molecule has 0 N–H and O–H groups in total. The monoisotopic (exact) mass is 236 g/mol. The fourth-order valence-electron chi connectivity index (χ4n) is 1.89. The van der Waals surface area contributed by atoms with Crippen LogP contribution >= 0.6 is 0 Å². The van der Waals surface area contributed by atoms with Crippen LogP contribution < -0.4 is 0 Å². The average molecular weight is 236 g/mol. The topological polar surface area (TPSA) is 17.1 Å². The van der Waals surface area contributed by atoms with Crippen molar-refractivity contribution >= 4 is 5.78 Å². The van der Waals surface area contributed by atoms with Crippen LogP contribution in [0.2, 0.25) is 0 Å². The Labute approximate surface area is 107 Å². The second kappa shape index (κ2) is 13.2. The van der Waals surface area contributed by atoms with E-state index in [-0.39, 0.29) is 0 Å². The zero-order valence-corrected chi connectivity index (χ0v) is 11.4. The number of hydrogen-bond donors (Lipinski definition) is 0. The third kappa shape index (κ3) is 15.1. The molecule has 0 aliphatic heterocycles. The molecule has 0 aliphatic carbocycles. The molecule has 0 fully saturated rings. The van der Waals surface area contributed by atoms with Crippen molar-refractivity contribution in [1.29, 1.82) is 0 Å². The SMILES string of the molecule is C=C/C=C/CCCCCCCCCCC(C)=O. The quantitative estimate of drug-likeness (QED) is 0.335. The Morgan fingerprint density at radius 1 is 0.941 bits per heavy atom. The summed E-state index contributed by atoms with van der Waals surface area (Å²) in [5.74, 6) is 0.331. The van der Waals surface area contributed by atoms with Crippen LogP contribution in [0.3, 0.4) is 0 Å². The molecular weight excluding hydrogens is 208 g/mol. The first-order valence-electron chi connectivity index (χ1n) is 7.04. The van der Waals surface area contributed by atoms with E-state index in [1.54, 1.807) is 6.92 Å². The van der Waals surface area contributed by atoms with Gasteiger partial charge in [0.25, 0.3) is 0 Å². The van der Waals surface area contributed by atoms with Crippen molar-refractivity contribution < 1.29 is 4.79 Å². The second-order valence-electron chi connectivity index (χ2n) is 4.73. The normalized spacial score (nSPS) is 10.9. The first-order valence-corrected chi connectivity index (χ1v) is 7.04. The molecule has 0 aromatic rings. The molecule has 0 saturated carbocycles. The number of ketones is 1. The highest BCUT2D eigenvalue weighted by atomic mass is 16.1. The van der Waals surface area contributed by atoms with Gasteiger partial charge in [-0.05, 0) is 26.2 Å². The van der Waals surface area contributed by atoms with Crippen molar-refractivity contribution in [2.75, 3.05) is 0 Å². The summed E-state index contributed by atoms with van der Waals surface area (Å²) in [6, 6.07) is 0. The van der Waals surface area contributed by atoms with E-state index in [9.17, 15) is 4.79 Å². The molecule has 0 saturated heterocycles. The minimum Gasteiger partial charge on any atom is -0.300 e. The highest BCUT2D eigenvalue weighted by molar-refractivity contribution is 5.75. The maximum atomic E-state index is 10.7. The molecule has 17 heavy (non-hydrogen) atoms. The van der Waals surface area contributed by atoms with Crippen molar-refractivity contribution in [1.82, 2.24) is 0 Å². The molecule has 0 radical (unpaired) electrons. The van der Waals surface area contributed by atoms with Gasteiger partial charge in [-0.2, -0.15) is 0 Å². The molecule has 0 amide bonds. The molecule has 0 heterocycles. The highest BCUT2D eigenvalue weighted by Gasteiger charge is 1.94. The van der Waals surface area contributed by atoms with Crippen molar-refractivity contribution in [3.63, 3.8) is 0 Å². The molecule has 0 aromatic carbocycles. The van der Waals surface area contributed by atoms with Crippen LogP contribution in [-0.2, 0) is 4.79 Å². The fourth-order valence-corrected chi connectivity index (χ4v) is 1.89. The molecule has 0 bridgehead atoms. The highest BCUT2D eigenvalue weighted by Crippen LogP contribution is 2.10. The Bertz CT molecular complexity index is 216. The van der Waals surface area contributed by atoms with E-state index in [2.05, 4.69) is 12.7 Å². The molecule has 0 atom stereocenters. The van der Waals surface area contributed by atoms with Crippen LogP contribution in [0.4, 0.5) is 0 Å². The molecule has 0 aliphatic rings. The third-order valence-corrected chi connectivity index (χ3v) is 2.92. The first-order chi connectivity index (χ1) is 8.27. The van der Waals surface area contributed by atoms with Crippen LogP contribution in [0, 0.1) is 0 Å². The maximum Gasteiger partial charge on any atom is 0.129 e. The molecule has 98 valence electrons. The molecule has 0 aromatic heterocycles. The minimum atomic E-state index is 0.331. The van der Waals surface area contributed by atoms with E-state index in [1.807, 2.05) is 12.2 Å². The van der Waals surface area contributed by atoms with Crippen LogP contribution in [0.25, 0.3) is 0 Å². The van der Waals surface area contributed by atoms with Gasteiger partial charge in [0, 0.05) is 6.42 Å². The zero-order chi connectivity index (χ0) is 12.8. The van der Waals surface area contributed by atoms with Gasteiger partial charge in [0.15, 0.2) is 0 Å². The number of carbonyl (C=O) groups is 1. The van der Waals surface area contributed by atoms with Gasteiger partial charge in [0.2, 0.25) is 0 Å². The van der Waals surface area contributed by atoms with Crippen molar-refractivity contribution in [3.05, 3.63) is 24.8 Å².